The lowest BCUT2D eigenvalue weighted by atomic mass is 10.1. The Morgan fingerprint density at radius 3 is 2.50 bits per heavy atom. The Kier molecular flexibility index (Phi) is 4.09. The third-order valence-corrected chi connectivity index (χ3v) is 4.83. The van der Waals surface area contributed by atoms with Crippen molar-refractivity contribution in [1.82, 2.24) is 25.0 Å². The molecule has 5 aromatic rings. The fraction of sp³-hybridized carbons (Fsp3) is 0.200. The minimum Gasteiger partial charge on any atom is -0.425 e. The molecule has 0 unspecified atom stereocenters. The van der Waals surface area contributed by atoms with Gasteiger partial charge >= 0.3 is 0 Å². The number of hydrogen-bond acceptors (Lipinski definition) is 6. The van der Waals surface area contributed by atoms with E-state index in [4.69, 9.17) is 20.4 Å². The Hall–Kier alpha value is -3.19. The van der Waals surface area contributed by atoms with Crippen molar-refractivity contribution in [3.8, 4) is 11.5 Å². The van der Waals surface area contributed by atoms with Gasteiger partial charge in [0.1, 0.15) is 6.42 Å². The predicted octanol–water partition coefficient (Wildman–Crippen LogP) is 4.37. The second-order valence-corrected chi connectivity index (χ2v) is 6.86. The number of rotatable bonds is 5. The lowest BCUT2D eigenvalue weighted by molar-refractivity contribution is 0.446. The minimum absolute atomic E-state index is 0.311. The molecule has 0 aliphatic rings. The third-order valence-electron chi connectivity index (χ3n) is 4.66. The molecule has 0 bridgehead atoms. The molecule has 0 atom stereocenters. The standard InChI is InChI=1S/C20H16ClN5O2/c1-12-22-23-18(27-12)11-19-24-25-20(28-19)13-6-7-17-15(10-13)14-4-2-3-5-16(14)26(17)9-8-21/h2-7,10H,8-9,11H2,1H3. The quantitative estimate of drug-likeness (QED) is 0.412. The SMILES string of the molecule is Cc1nnc(Cc2nnc(-c3ccc4c(c3)c3ccccc3n4CCCl)o2)o1. The molecule has 0 amide bonds. The largest absolute Gasteiger partial charge is 0.425 e. The summed E-state index contributed by atoms with van der Waals surface area (Å²) >= 11 is 6.02. The van der Waals surface area contributed by atoms with Gasteiger partial charge in [-0.25, -0.2) is 0 Å². The molecule has 0 radical (unpaired) electrons. The highest BCUT2D eigenvalue weighted by Gasteiger charge is 2.15. The average molecular weight is 394 g/mol. The van der Waals surface area contributed by atoms with Gasteiger partial charge in [0.2, 0.25) is 23.6 Å². The van der Waals surface area contributed by atoms with Crippen LogP contribution < -0.4 is 0 Å². The maximum atomic E-state index is 6.02. The van der Waals surface area contributed by atoms with E-state index in [2.05, 4.69) is 49.2 Å². The summed E-state index contributed by atoms with van der Waals surface area (Å²) in [4.78, 5) is 0. The summed E-state index contributed by atoms with van der Waals surface area (Å²) < 4.78 is 13.4. The maximum Gasteiger partial charge on any atom is 0.247 e. The summed E-state index contributed by atoms with van der Waals surface area (Å²) in [5.74, 6) is 2.41. The van der Waals surface area contributed by atoms with Crippen LogP contribution in [0.5, 0.6) is 0 Å². The maximum absolute atomic E-state index is 6.02. The van der Waals surface area contributed by atoms with Gasteiger partial charge in [-0.05, 0) is 24.3 Å². The molecule has 5 rings (SSSR count). The number of aryl methyl sites for hydroxylation is 2. The highest BCUT2D eigenvalue weighted by atomic mass is 35.5. The summed E-state index contributed by atoms with van der Waals surface area (Å²) in [5, 5.41) is 18.4. The van der Waals surface area contributed by atoms with E-state index in [1.165, 1.54) is 5.39 Å². The Labute approximate surface area is 164 Å². The van der Waals surface area contributed by atoms with Crippen molar-refractivity contribution < 1.29 is 8.83 Å². The van der Waals surface area contributed by atoms with Crippen LogP contribution in [-0.4, -0.2) is 30.8 Å². The van der Waals surface area contributed by atoms with Gasteiger partial charge in [-0.2, -0.15) is 0 Å². The van der Waals surface area contributed by atoms with Crippen molar-refractivity contribution >= 4 is 33.4 Å². The molecule has 140 valence electrons. The summed E-state index contributed by atoms with van der Waals surface area (Å²) in [6.45, 7) is 2.49. The fourth-order valence-electron chi connectivity index (χ4n) is 3.49. The number of para-hydroxylation sites is 1. The molecule has 3 aromatic heterocycles. The second-order valence-electron chi connectivity index (χ2n) is 6.48. The predicted molar refractivity (Wildman–Crippen MR) is 105 cm³/mol. The molecule has 28 heavy (non-hydrogen) atoms. The normalized spacial score (nSPS) is 11.6. The van der Waals surface area contributed by atoms with Gasteiger partial charge in [0.15, 0.2) is 0 Å². The van der Waals surface area contributed by atoms with Crippen molar-refractivity contribution in [3.63, 3.8) is 0 Å². The van der Waals surface area contributed by atoms with E-state index in [1.807, 2.05) is 18.2 Å². The van der Waals surface area contributed by atoms with Gasteiger partial charge in [0, 0.05) is 46.7 Å². The van der Waals surface area contributed by atoms with Gasteiger partial charge in [-0.1, -0.05) is 18.2 Å². The van der Waals surface area contributed by atoms with E-state index < -0.39 is 0 Å². The molecule has 2 aromatic carbocycles. The molecule has 0 aliphatic carbocycles. The van der Waals surface area contributed by atoms with Crippen molar-refractivity contribution in [3.05, 3.63) is 60.1 Å². The summed E-state index contributed by atoms with van der Waals surface area (Å²) in [6, 6.07) is 14.4. The first-order valence-corrected chi connectivity index (χ1v) is 9.45. The van der Waals surface area contributed by atoms with E-state index in [1.54, 1.807) is 6.92 Å². The topological polar surface area (TPSA) is 82.8 Å². The molecule has 0 aliphatic heterocycles. The number of fused-ring (bicyclic) bond motifs is 3. The molecule has 3 heterocycles. The van der Waals surface area contributed by atoms with Crippen LogP contribution in [0.15, 0.2) is 51.3 Å². The van der Waals surface area contributed by atoms with Crippen LogP contribution in [0, 0.1) is 6.92 Å². The van der Waals surface area contributed by atoms with Gasteiger partial charge in [0.25, 0.3) is 0 Å². The van der Waals surface area contributed by atoms with Gasteiger partial charge < -0.3 is 13.4 Å². The number of halogens is 1. The Morgan fingerprint density at radius 2 is 1.68 bits per heavy atom. The zero-order valence-electron chi connectivity index (χ0n) is 15.1. The van der Waals surface area contributed by atoms with Crippen molar-refractivity contribution in [2.75, 3.05) is 5.88 Å². The molecule has 8 heteroatoms. The Balaban J connectivity index is 1.56. The van der Waals surface area contributed by atoms with E-state index in [0.717, 1.165) is 28.5 Å². The van der Waals surface area contributed by atoms with Crippen LogP contribution in [0.4, 0.5) is 0 Å². The molecular formula is C20H16ClN5O2. The Morgan fingerprint density at radius 1 is 0.893 bits per heavy atom. The van der Waals surface area contributed by atoms with Crippen LogP contribution in [0.3, 0.4) is 0 Å². The highest BCUT2D eigenvalue weighted by Crippen LogP contribution is 2.32. The van der Waals surface area contributed by atoms with Crippen LogP contribution in [0.2, 0.25) is 0 Å². The van der Waals surface area contributed by atoms with Gasteiger partial charge in [-0.15, -0.1) is 32.0 Å². The van der Waals surface area contributed by atoms with Crippen molar-refractivity contribution in [1.29, 1.82) is 0 Å². The Bertz CT molecular complexity index is 1290. The van der Waals surface area contributed by atoms with E-state index in [0.29, 0.717) is 35.9 Å². The van der Waals surface area contributed by atoms with Gasteiger partial charge in [-0.3, -0.25) is 0 Å². The second kappa shape index (κ2) is 6.76. The molecule has 0 fully saturated rings. The van der Waals surface area contributed by atoms with Crippen LogP contribution in [-0.2, 0) is 13.0 Å². The zero-order chi connectivity index (χ0) is 19.1. The molecule has 7 nitrogen and oxygen atoms in total. The molecule has 0 N–H and O–H groups in total. The lowest BCUT2D eigenvalue weighted by Crippen LogP contribution is -1.98. The first kappa shape index (κ1) is 16.9. The first-order chi connectivity index (χ1) is 13.7. The summed E-state index contributed by atoms with van der Waals surface area (Å²) in [7, 11) is 0. The zero-order valence-corrected chi connectivity index (χ0v) is 15.8. The average Bonchev–Trinajstić information content (AvgIpc) is 3.41. The molecule has 0 saturated heterocycles. The lowest BCUT2D eigenvalue weighted by Gasteiger charge is -2.04. The molecule has 0 spiro atoms. The number of alkyl halides is 1. The van der Waals surface area contributed by atoms with Crippen LogP contribution >= 0.6 is 11.6 Å². The van der Waals surface area contributed by atoms with E-state index in [-0.39, 0.29) is 0 Å². The third kappa shape index (κ3) is 2.84. The summed E-state index contributed by atoms with van der Waals surface area (Å²) in [6.07, 6.45) is 0.311. The number of benzene rings is 2. The fourth-order valence-corrected chi connectivity index (χ4v) is 3.66. The van der Waals surface area contributed by atoms with Crippen LogP contribution in [0.1, 0.15) is 17.7 Å². The first-order valence-electron chi connectivity index (χ1n) is 8.91. The minimum atomic E-state index is 0.311. The van der Waals surface area contributed by atoms with E-state index in [9.17, 15) is 0 Å². The highest BCUT2D eigenvalue weighted by molar-refractivity contribution is 6.18. The summed E-state index contributed by atoms with van der Waals surface area (Å²) in [5.41, 5.74) is 3.15. The molecular weight excluding hydrogens is 378 g/mol. The monoisotopic (exact) mass is 393 g/mol. The van der Waals surface area contributed by atoms with Crippen molar-refractivity contribution in [2.24, 2.45) is 0 Å². The smallest absolute Gasteiger partial charge is 0.247 e. The van der Waals surface area contributed by atoms with Crippen LogP contribution in [0.25, 0.3) is 33.3 Å². The number of nitrogens with zero attached hydrogens (tertiary/aromatic N) is 5. The van der Waals surface area contributed by atoms with Gasteiger partial charge in [0.05, 0.1) is 0 Å². The number of hydrogen-bond donors (Lipinski definition) is 0. The molecule has 0 saturated carbocycles. The van der Waals surface area contributed by atoms with E-state index >= 15 is 0 Å². The van der Waals surface area contributed by atoms with Crippen molar-refractivity contribution in [2.45, 2.75) is 19.9 Å². The number of aromatic nitrogens is 5.